The van der Waals surface area contributed by atoms with E-state index >= 15 is 0 Å². The number of rotatable bonds is 4. The second-order valence-corrected chi connectivity index (χ2v) is 6.46. The van der Waals surface area contributed by atoms with Crippen molar-refractivity contribution in [3.05, 3.63) is 53.8 Å². The first-order chi connectivity index (χ1) is 9.87. The zero-order valence-corrected chi connectivity index (χ0v) is 12.7. The van der Waals surface area contributed by atoms with Crippen LogP contribution in [0.5, 0.6) is 0 Å². The zero-order chi connectivity index (χ0) is 15.6. The smallest absolute Gasteiger partial charge is 0.264 e. The van der Waals surface area contributed by atoms with E-state index in [1.165, 1.54) is 17.3 Å². The highest BCUT2D eigenvalue weighted by Gasteiger charge is 2.26. The molecular formula is C15H17FN2O2S. The fourth-order valence-electron chi connectivity index (χ4n) is 2.15. The summed E-state index contributed by atoms with van der Waals surface area (Å²) in [6, 6.07) is 11.1. The third-order valence-electron chi connectivity index (χ3n) is 3.22. The van der Waals surface area contributed by atoms with E-state index in [4.69, 9.17) is 5.73 Å². The summed E-state index contributed by atoms with van der Waals surface area (Å²) in [6.45, 7) is 3.39. The van der Waals surface area contributed by atoms with Crippen LogP contribution in [-0.2, 0) is 10.0 Å². The van der Waals surface area contributed by atoms with Crippen LogP contribution in [0.2, 0.25) is 0 Å². The molecule has 2 N–H and O–H groups in total. The van der Waals surface area contributed by atoms with E-state index in [-0.39, 0.29) is 22.7 Å². The number of hydrogen-bond acceptors (Lipinski definition) is 3. The first-order valence-corrected chi connectivity index (χ1v) is 7.95. The Labute approximate surface area is 124 Å². The molecule has 4 nitrogen and oxygen atoms in total. The second-order valence-electron chi connectivity index (χ2n) is 4.63. The fourth-order valence-corrected chi connectivity index (χ4v) is 3.89. The first-order valence-electron chi connectivity index (χ1n) is 6.51. The van der Waals surface area contributed by atoms with Gasteiger partial charge in [0.1, 0.15) is 5.82 Å². The van der Waals surface area contributed by atoms with Gasteiger partial charge in [-0.15, -0.1) is 0 Å². The molecule has 6 heteroatoms. The Balaban J connectivity index is 2.61. The predicted octanol–water partition coefficient (Wildman–Crippen LogP) is 2.93. The Morgan fingerprint density at radius 1 is 1.19 bits per heavy atom. The van der Waals surface area contributed by atoms with Crippen molar-refractivity contribution in [2.45, 2.75) is 18.7 Å². The van der Waals surface area contributed by atoms with E-state index in [9.17, 15) is 12.8 Å². The van der Waals surface area contributed by atoms with Gasteiger partial charge in [-0.1, -0.05) is 18.2 Å². The molecule has 0 bridgehead atoms. The molecule has 0 aliphatic rings. The molecule has 0 aliphatic heterocycles. The van der Waals surface area contributed by atoms with Crippen LogP contribution in [0, 0.1) is 12.7 Å². The minimum Gasteiger partial charge on any atom is -0.399 e. The van der Waals surface area contributed by atoms with Gasteiger partial charge in [-0.05, 0) is 38.1 Å². The van der Waals surface area contributed by atoms with Gasteiger partial charge in [0.15, 0.2) is 0 Å². The lowest BCUT2D eigenvalue weighted by atomic mass is 10.2. The highest BCUT2D eigenvalue weighted by atomic mass is 32.2. The summed E-state index contributed by atoms with van der Waals surface area (Å²) in [5.41, 5.74) is 6.26. The lowest BCUT2D eigenvalue weighted by Gasteiger charge is -2.24. The third-order valence-corrected chi connectivity index (χ3v) is 5.25. The molecule has 0 radical (unpaired) electrons. The van der Waals surface area contributed by atoms with Crippen molar-refractivity contribution in [3.8, 4) is 0 Å². The molecule has 112 valence electrons. The van der Waals surface area contributed by atoms with Gasteiger partial charge >= 0.3 is 0 Å². The summed E-state index contributed by atoms with van der Waals surface area (Å²) in [5, 5.41) is 0. The average molecular weight is 308 g/mol. The van der Waals surface area contributed by atoms with Crippen LogP contribution in [0.25, 0.3) is 0 Å². The normalized spacial score (nSPS) is 11.4. The van der Waals surface area contributed by atoms with E-state index in [2.05, 4.69) is 0 Å². The Bertz CT molecular complexity index is 746. The molecule has 0 spiro atoms. The summed E-state index contributed by atoms with van der Waals surface area (Å²) < 4.78 is 40.6. The first kappa shape index (κ1) is 15.3. The molecule has 0 fully saturated rings. The van der Waals surface area contributed by atoms with Crippen LogP contribution < -0.4 is 10.0 Å². The fraction of sp³-hybridized carbons (Fsp3) is 0.200. The minimum absolute atomic E-state index is 0.0681. The van der Waals surface area contributed by atoms with Crippen LogP contribution in [0.15, 0.2) is 47.4 Å². The van der Waals surface area contributed by atoms with Crippen molar-refractivity contribution in [1.29, 1.82) is 0 Å². The molecule has 0 heterocycles. The van der Waals surface area contributed by atoms with Gasteiger partial charge in [-0.2, -0.15) is 0 Å². The predicted molar refractivity (Wildman–Crippen MR) is 82.2 cm³/mol. The molecule has 0 saturated carbocycles. The van der Waals surface area contributed by atoms with Crippen molar-refractivity contribution in [2.24, 2.45) is 0 Å². The van der Waals surface area contributed by atoms with E-state index in [0.717, 1.165) is 6.07 Å². The Kier molecular flexibility index (Phi) is 4.18. The van der Waals surface area contributed by atoms with Crippen LogP contribution in [0.4, 0.5) is 15.8 Å². The number of hydrogen-bond donors (Lipinski definition) is 1. The van der Waals surface area contributed by atoms with E-state index in [0.29, 0.717) is 5.69 Å². The number of nitrogens with zero attached hydrogens (tertiary/aromatic N) is 1. The van der Waals surface area contributed by atoms with E-state index in [1.54, 1.807) is 37.3 Å². The lowest BCUT2D eigenvalue weighted by molar-refractivity contribution is 0.583. The van der Waals surface area contributed by atoms with Crippen LogP contribution in [0.1, 0.15) is 12.5 Å². The van der Waals surface area contributed by atoms with Gasteiger partial charge in [0, 0.05) is 17.8 Å². The maximum atomic E-state index is 13.8. The van der Waals surface area contributed by atoms with Gasteiger partial charge in [0.25, 0.3) is 10.0 Å². The van der Waals surface area contributed by atoms with Crippen molar-refractivity contribution in [1.82, 2.24) is 0 Å². The molecule has 0 saturated heterocycles. The van der Waals surface area contributed by atoms with Gasteiger partial charge in [-0.3, -0.25) is 4.31 Å². The Hall–Kier alpha value is -2.08. The van der Waals surface area contributed by atoms with Gasteiger partial charge in [-0.25, -0.2) is 12.8 Å². The Morgan fingerprint density at radius 3 is 2.38 bits per heavy atom. The van der Waals surface area contributed by atoms with Crippen molar-refractivity contribution in [2.75, 3.05) is 16.6 Å². The number of anilines is 2. The molecule has 0 aromatic heterocycles. The number of nitrogens with two attached hydrogens (primary N) is 1. The Morgan fingerprint density at radius 2 is 1.81 bits per heavy atom. The summed E-state index contributed by atoms with van der Waals surface area (Å²) in [5.74, 6) is -0.627. The van der Waals surface area contributed by atoms with Crippen molar-refractivity contribution >= 4 is 21.4 Å². The lowest BCUT2D eigenvalue weighted by Crippen LogP contribution is -2.31. The zero-order valence-electron chi connectivity index (χ0n) is 11.9. The SMILES string of the molecule is CCN(c1ccccc1)S(=O)(=O)c1cc(N)cc(F)c1C. The number of benzene rings is 2. The number of nitrogen functional groups attached to an aromatic ring is 1. The van der Waals surface area contributed by atoms with Gasteiger partial charge in [0.05, 0.1) is 10.6 Å². The van der Waals surface area contributed by atoms with Gasteiger partial charge in [0.2, 0.25) is 0 Å². The number of para-hydroxylation sites is 1. The maximum absolute atomic E-state index is 13.8. The summed E-state index contributed by atoms with van der Waals surface area (Å²) in [7, 11) is -3.87. The minimum atomic E-state index is -3.87. The van der Waals surface area contributed by atoms with E-state index < -0.39 is 15.8 Å². The summed E-state index contributed by atoms with van der Waals surface area (Å²) >= 11 is 0. The van der Waals surface area contributed by atoms with Crippen LogP contribution in [-0.4, -0.2) is 15.0 Å². The summed E-state index contributed by atoms with van der Waals surface area (Å²) in [6.07, 6.45) is 0. The average Bonchev–Trinajstić information content (AvgIpc) is 2.44. The number of sulfonamides is 1. The molecule has 0 unspecified atom stereocenters. The van der Waals surface area contributed by atoms with Crippen molar-refractivity contribution < 1.29 is 12.8 Å². The van der Waals surface area contributed by atoms with Gasteiger partial charge < -0.3 is 5.73 Å². The van der Waals surface area contributed by atoms with E-state index in [1.807, 2.05) is 0 Å². The standard InChI is InChI=1S/C15H17FN2O2S/c1-3-18(13-7-5-4-6-8-13)21(19,20)15-10-12(17)9-14(16)11(15)2/h4-10H,3,17H2,1-2H3. The molecular weight excluding hydrogens is 291 g/mol. The molecule has 21 heavy (non-hydrogen) atoms. The molecule has 0 amide bonds. The highest BCUT2D eigenvalue weighted by Crippen LogP contribution is 2.28. The van der Waals surface area contributed by atoms with Crippen LogP contribution in [0.3, 0.4) is 0 Å². The topological polar surface area (TPSA) is 63.4 Å². The molecule has 2 aromatic carbocycles. The second kappa shape index (κ2) is 5.73. The largest absolute Gasteiger partial charge is 0.399 e. The molecule has 0 aliphatic carbocycles. The molecule has 2 rings (SSSR count). The highest BCUT2D eigenvalue weighted by molar-refractivity contribution is 7.92. The van der Waals surface area contributed by atoms with Crippen LogP contribution >= 0.6 is 0 Å². The molecule has 0 atom stereocenters. The van der Waals surface area contributed by atoms with Crippen molar-refractivity contribution in [3.63, 3.8) is 0 Å². The quantitative estimate of drug-likeness (QED) is 0.883. The summed E-state index contributed by atoms with van der Waals surface area (Å²) in [4.78, 5) is -0.106. The number of halogens is 1. The third kappa shape index (κ3) is 2.85. The maximum Gasteiger partial charge on any atom is 0.264 e. The molecule has 2 aromatic rings. The monoisotopic (exact) mass is 308 g/mol.